The van der Waals surface area contributed by atoms with Gasteiger partial charge in [0.2, 0.25) is 0 Å². The van der Waals surface area contributed by atoms with Crippen molar-refractivity contribution in [2.24, 2.45) is 5.73 Å². The van der Waals surface area contributed by atoms with E-state index < -0.39 is 0 Å². The minimum atomic E-state index is -0.0671. The molecule has 1 unspecified atom stereocenters. The van der Waals surface area contributed by atoms with Crippen LogP contribution in [0.5, 0.6) is 5.75 Å². The third-order valence-corrected chi connectivity index (χ3v) is 3.58. The van der Waals surface area contributed by atoms with E-state index in [1.165, 1.54) is 25.7 Å². The molecule has 3 heteroatoms. The maximum atomic E-state index is 5.96. The maximum Gasteiger partial charge on any atom is 0.141 e. The Morgan fingerprint density at radius 1 is 1.21 bits per heavy atom. The molecule has 0 aliphatic heterocycles. The first-order chi connectivity index (χ1) is 9.15. The minimum Gasteiger partial charge on any atom is -0.495 e. The van der Waals surface area contributed by atoms with Crippen LogP contribution < -0.4 is 15.8 Å². The van der Waals surface area contributed by atoms with E-state index in [1.807, 2.05) is 24.3 Å². The summed E-state index contributed by atoms with van der Waals surface area (Å²) in [4.78, 5) is 0. The van der Waals surface area contributed by atoms with Crippen LogP contribution in [0.15, 0.2) is 24.3 Å². The molecule has 1 aromatic carbocycles. The minimum absolute atomic E-state index is 0.0671. The number of methoxy groups -OCH3 is 1. The maximum absolute atomic E-state index is 5.96. The van der Waals surface area contributed by atoms with Crippen LogP contribution in [-0.2, 0) is 0 Å². The van der Waals surface area contributed by atoms with Gasteiger partial charge in [-0.25, -0.2) is 0 Å². The largest absolute Gasteiger partial charge is 0.495 e. The van der Waals surface area contributed by atoms with Gasteiger partial charge in [0.05, 0.1) is 12.8 Å². The summed E-state index contributed by atoms with van der Waals surface area (Å²) in [6, 6.07) is 8.00. The van der Waals surface area contributed by atoms with Crippen LogP contribution >= 0.6 is 0 Å². The lowest BCUT2D eigenvalue weighted by atomic mass is 9.93. The molecule has 0 spiro atoms. The van der Waals surface area contributed by atoms with Crippen LogP contribution in [-0.4, -0.2) is 19.2 Å². The zero-order chi connectivity index (χ0) is 14.1. The number of para-hydroxylation sites is 2. The van der Waals surface area contributed by atoms with E-state index in [0.717, 1.165) is 17.9 Å². The highest BCUT2D eigenvalue weighted by Crippen LogP contribution is 2.28. The first-order valence-corrected chi connectivity index (χ1v) is 7.26. The molecule has 0 saturated carbocycles. The van der Waals surface area contributed by atoms with Gasteiger partial charge in [-0.05, 0) is 25.5 Å². The van der Waals surface area contributed by atoms with Crippen LogP contribution in [0.25, 0.3) is 0 Å². The molecule has 0 fully saturated rings. The highest BCUT2D eigenvalue weighted by molar-refractivity contribution is 5.57. The second kappa shape index (κ2) is 8.05. The Morgan fingerprint density at radius 2 is 1.95 bits per heavy atom. The van der Waals surface area contributed by atoms with E-state index in [1.54, 1.807) is 7.11 Å². The molecule has 0 saturated heterocycles. The van der Waals surface area contributed by atoms with Gasteiger partial charge in [-0.3, -0.25) is 0 Å². The predicted molar refractivity (Wildman–Crippen MR) is 82.8 cm³/mol. The van der Waals surface area contributed by atoms with Crippen LogP contribution in [0.3, 0.4) is 0 Å². The molecule has 3 nitrogen and oxygen atoms in total. The lowest BCUT2D eigenvalue weighted by Crippen LogP contribution is -2.42. The van der Waals surface area contributed by atoms with Gasteiger partial charge in [0.1, 0.15) is 5.75 Å². The van der Waals surface area contributed by atoms with E-state index in [9.17, 15) is 0 Å². The Bertz CT molecular complexity index is 368. The number of nitrogens with one attached hydrogen (secondary N) is 1. The predicted octanol–water partition coefficient (Wildman–Crippen LogP) is 3.79. The van der Waals surface area contributed by atoms with Crippen molar-refractivity contribution in [3.05, 3.63) is 24.3 Å². The number of anilines is 1. The first kappa shape index (κ1) is 15.8. The lowest BCUT2D eigenvalue weighted by Gasteiger charge is -2.31. The highest BCUT2D eigenvalue weighted by atomic mass is 16.5. The fraction of sp³-hybridized carbons (Fsp3) is 0.625. The second-order valence-corrected chi connectivity index (χ2v) is 5.40. The third-order valence-electron chi connectivity index (χ3n) is 3.58. The second-order valence-electron chi connectivity index (χ2n) is 5.40. The third kappa shape index (κ3) is 5.11. The first-order valence-electron chi connectivity index (χ1n) is 7.26. The molecule has 0 radical (unpaired) electrons. The lowest BCUT2D eigenvalue weighted by molar-refractivity contribution is 0.409. The normalized spacial score (nSPS) is 13.9. The molecule has 0 aromatic heterocycles. The molecule has 0 aliphatic rings. The average Bonchev–Trinajstić information content (AvgIpc) is 2.44. The summed E-state index contributed by atoms with van der Waals surface area (Å²) in [5.41, 5.74) is 6.91. The molecule has 0 heterocycles. The number of benzene rings is 1. The summed E-state index contributed by atoms with van der Waals surface area (Å²) in [5, 5.41) is 3.55. The van der Waals surface area contributed by atoms with E-state index in [-0.39, 0.29) is 5.54 Å². The van der Waals surface area contributed by atoms with Crippen molar-refractivity contribution < 1.29 is 4.74 Å². The Labute approximate surface area is 117 Å². The van der Waals surface area contributed by atoms with Crippen molar-refractivity contribution >= 4 is 5.69 Å². The molecule has 1 aromatic rings. The molecular formula is C16H28N2O. The molecule has 19 heavy (non-hydrogen) atoms. The standard InChI is InChI=1S/C16H28N2O/c1-4-5-6-9-12-16(2,13-17)18-14-10-7-8-11-15(14)19-3/h7-8,10-11,18H,4-6,9,12-13,17H2,1-3H3. The van der Waals surface area contributed by atoms with Gasteiger partial charge in [-0.2, -0.15) is 0 Å². The molecule has 0 bridgehead atoms. The topological polar surface area (TPSA) is 47.3 Å². The van der Waals surface area contributed by atoms with Gasteiger partial charge in [-0.1, -0.05) is 44.7 Å². The monoisotopic (exact) mass is 264 g/mol. The molecule has 0 aliphatic carbocycles. The molecule has 108 valence electrons. The van der Waals surface area contributed by atoms with Crippen molar-refractivity contribution in [2.45, 2.75) is 51.5 Å². The zero-order valence-electron chi connectivity index (χ0n) is 12.5. The highest BCUT2D eigenvalue weighted by Gasteiger charge is 2.22. The van der Waals surface area contributed by atoms with E-state index in [4.69, 9.17) is 10.5 Å². The van der Waals surface area contributed by atoms with Crippen LogP contribution in [0.1, 0.15) is 46.0 Å². The van der Waals surface area contributed by atoms with Crippen molar-refractivity contribution in [1.82, 2.24) is 0 Å². The summed E-state index contributed by atoms with van der Waals surface area (Å²) in [6.45, 7) is 5.04. The summed E-state index contributed by atoms with van der Waals surface area (Å²) in [5.74, 6) is 0.871. The van der Waals surface area contributed by atoms with Gasteiger partial charge in [0, 0.05) is 12.1 Å². The van der Waals surface area contributed by atoms with Gasteiger partial charge in [0.15, 0.2) is 0 Å². The number of hydrogen-bond acceptors (Lipinski definition) is 3. The van der Waals surface area contributed by atoms with E-state index >= 15 is 0 Å². The molecule has 3 N–H and O–H groups in total. The summed E-state index contributed by atoms with van der Waals surface area (Å²) in [6.07, 6.45) is 6.14. The fourth-order valence-corrected chi connectivity index (χ4v) is 2.23. The molecule has 0 amide bonds. The number of rotatable bonds is 9. The van der Waals surface area contributed by atoms with Gasteiger partial charge >= 0.3 is 0 Å². The summed E-state index contributed by atoms with van der Waals surface area (Å²) >= 11 is 0. The fourth-order valence-electron chi connectivity index (χ4n) is 2.23. The quantitative estimate of drug-likeness (QED) is 0.667. The van der Waals surface area contributed by atoms with E-state index in [2.05, 4.69) is 19.2 Å². The van der Waals surface area contributed by atoms with Crippen LogP contribution in [0.4, 0.5) is 5.69 Å². The Balaban J connectivity index is 2.63. The van der Waals surface area contributed by atoms with Gasteiger partial charge in [-0.15, -0.1) is 0 Å². The number of nitrogens with two attached hydrogens (primary N) is 1. The molecule has 1 rings (SSSR count). The van der Waals surface area contributed by atoms with Gasteiger partial charge < -0.3 is 15.8 Å². The van der Waals surface area contributed by atoms with Crippen molar-refractivity contribution in [2.75, 3.05) is 19.0 Å². The number of unbranched alkanes of at least 4 members (excludes halogenated alkanes) is 3. The van der Waals surface area contributed by atoms with Crippen LogP contribution in [0, 0.1) is 0 Å². The number of ether oxygens (including phenoxy) is 1. The Kier molecular flexibility index (Phi) is 6.71. The SMILES string of the molecule is CCCCCCC(C)(CN)Nc1ccccc1OC. The smallest absolute Gasteiger partial charge is 0.141 e. The van der Waals surface area contributed by atoms with E-state index in [0.29, 0.717) is 6.54 Å². The van der Waals surface area contributed by atoms with Crippen LogP contribution in [0.2, 0.25) is 0 Å². The summed E-state index contributed by atoms with van der Waals surface area (Å²) < 4.78 is 5.38. The van der Waals surface area contributed by atoms with Gasteiger partial charge in [0.25, 0.3) is 0 Å². The Hall–Kier alpha value is -1.22. The molecular weight excluding hydrogens is 236 g/mol. The zero-order valence-corrected chi connectivity index (χ0v) is 12.5. The Morgan fingerprint density at radius 3 is 2.58 bits per heavy atom. The number of hydrogen-bond donors (Lipinski definition) is 2. The van der Waals surface area contributed by atoms with Crippen molar-refractivity contribution in [1.29, 1.82) is 0 Å². The molecule has 1 atom stereocenters. The summed E-state index contributed by atoms with van der Waals surface area (Å²) in [7, 11) is 1.70. The average molecular weight is 264 g/mol. The van der Waals surface area contributed by atoms with Crippen molar-refractivity contribution in [3.63, 3.8) is 0 Å². The van der Waals surface area contributed by atoms with Crippen molar-refractivity contribution in [3.8, 4) is 5.75 Å².